The number of anilines is 1. The predicted octanol–water partition coefficient (Wildman–Crippen LogP) is 3.19. The Balaban J connectivity index is 3.03. The topological polar surface area (TPSA) is 51.2 Å². The zero-order valence-corrected chi connectivity index (χ0v) is 12.1. The summed E-state index contributed by atoms with van der Waals surface area (Å²) in [5, 5.41) is 4.17. The van der Waals surface area contributed by atoms with Gasteiger partial charge in [0.1, 0.15) is 5.56 Å². The SMILES string of the molecule is CCOC(=O)c1cnc(SCC)cc1NC(C)C. The van der Waals surface area contributed by atoms with Crippen molar-refractivity contribution in [2.75, 3.05) is 17.7 Å². The average molecular weight is 268 g/mol. The summed E-state index contributed by atoms with van der Waals surface area (Å²) in [6, 6.07) is 2.15. The van der Waals surface area contributed by atoms with Crippen LogP contribution in [0.3, 0.4) is 0 Å². The van der Waals surface area contributed by atoms with Gasteiger partial charge < -0.3 is 10.1 Å². The van der Waals surface area contributed by atoms with E-state index in [0.29, 0.717) is 12.2 Å². The highest BCUT2D eigenvalue weighted by Crippen LogP contribution is 2.23. The fourth-order valence-corrected chi connectivity index (χ4v) is 2.09. The van der Waals surface area contributed by atoms with E-state index < -0.39 is 0 Å². The fourth-order valence-electron chi connectivity index (χ4n) is 1.46. The molecule has 0 aromatic carbocycles. The Labute approximate surface area is 113 Å². The molecule has 0 amide bonds. The smallest absolute Gasteiger partial charge is 0.341 e. The van der Waals surface area contributed by atoms with Crippen molar-refractivity contribution < 1.29 is 9.53 Å². The first-order valence-electron chi connectivity index (χ1n) is 6.15. The number of hydrogen-bond acceptors (Lipinski definition) is 5. The molecule has 0 saturated carbocycles. The zero-order chi connectivity index (χ0) is 13.5. The largest absolute Gasteiger partial charge is 0.462 e. The first kappa shape index (κ1) is 14.8. The Morgan fingerprint density at radius 3 is 2.78 bits per heavy atom. The van der Waals surface area contributed by atoms with Gasteiger partial charge in [-0.2, -0.15) is 0 Å². The average Bonchev–Trinajstić information content (AvgIpc) is 2.29. The molecule has 100 valence electrons. The van der Waals surface area contributed by atoms with Crippen LogP contribution in [0.2, 0.25) is 0 Å². The molecule has 0 aliphatic rings. The van der Waals surface area contributed by atoms with Gasteiger partial charge in [0.05, 0.1) is 17.3 Å². The molecule has 0 aliphatic carbocycles. The minimum absolute atomic E-state index is 0.250. The monoisotopic (exact) mass is 268 g/mol. The minimum atomic E-state index is -0.332. The minimum Gasteiger partial charge on any atom is -0.462 e. The van der Waals surface area contributed by atoms with E-state index in [2.05, 4.69) is 17.2 Å². The summed E-state index contributed by atoms with van der Waals surface area (Å²) in [6.45, 7) is 8.29. The summed E-state index contributed by atoms with van der Waals surface area (Å²) in [7, 11) is 0. The van der Waals surface area contributed by atoms with Crippen LogP contribution in [-0.4, -0.2) is 29.4 Å². The number of pyridine rings is 1. The molecule has 4 nitrogen and oxygen atoms in total. The molecule has 1 aromatic heterocycles. The van der Waals surface area contributed by atoms with Gasteiger partial charge >= 0.3 is 5.97 Å². The van der Waals surface area contributed by atoms with Crippen molar-refractivity contribution >= 4 is 23.4 Å². The number of esters is 1. The Kier molecular flexibility index (Phi) is 5.98. The van der Waals surface area contributed by atoms with E-state index in [1.54, 1.807) is 24.9 Å². The lowest BCUT2D eigenvalue weighted by atomic mass is 10.2. The van der Waals surface area contributed by atoms with E-state index in [9.17, 15) is 4.79 Å². The number of carbonyl (C=O) groups excluding carboxylic acids is 1. The molecule has 1 heterocycles. The van der Waals surface area contributed by atoms with Gasteiger partial charge in [-0.3, -0.25) is 0 Å². The van der Waals surface area contributed by atoms with Crippen molar-refractivity contribution in [3.8, 4) is 0 Å². The first-order chi connectivity index (χ1) is 8.58. The van der Waals surface area contributed by atoms with Crippen molar-refractivity contribution in [1.82, 2.24) is 4.98 Å². The molecule has 0 spiro atoms. The van der Waals surface area contributed by atoms with Gasteiger partial charge in [-0.1, -0.05) is 6.92 Å². The number of rotatable bonds is 6. The van der Waals surface area contributed by atoms with E-state index in [-0.39, 0.29) is 12.0 Å². The number of nitrogens with zero attached hydrogens (tertiary/aromatic N) is 1. The van der Waals surface area contributed by atoms with E-state index in [1.165, 1.54) is 0 Å². The standard InChI is InChI=1S/C13H20N2O2S/c1-5-17-13(16)10-8-14-12(18-6-2)7-11(10)15-9(3)4/h7-9H,5-6H2,1-4H3,(H,14,15). The second-order valence-corrected chi connectivity index (χ2v) is 5.30. The van der Waals surface area contributed by atoms with Gasteiger partial charge in [0.15, 0.2) is 0 Å². The molecule has 5 heteroatoms. The molecule has 18 heavy (non-hydrogen) atoms. The van der Waals surface area contributed by atoms with Crippen LogP contribution in [0.15, 0.2) is 17.3 Å². The third-order valence-electron chi connectivity index (χ3n) is 2.11. The summed E-state index contributed by atoms with van der Waals surface area (Å²) in [5.74, 6) is 0.619. The Morgan fingerprint density at radius 2 is 2.22 bits per heavy atom. The second-order valence-electron chi connectivity index (χ2n) is 4.02. The summed E-state index contributed by atoms with van der Waals surface area (Å²) in [4.78, 5) is 16.1. The van der Waals surface area contributed by atoms with Crippen LogP contribution >= 0.6 is 11.8 Å². The first-order valence-corrected chi connectivity index (χ1v) is 7.13. The fraction of sp³-hybridized carbons (Fsp3) is 0.538. The molecule has 1 rings (SSSR count). The van der Waals surface area contributed by atoms with Crippen LogP contribution in [0.1, 0.15) is 38.1 Å². The van der Waals surface area contributed by atoms with Gasteiger partial charge in [0, 0.05) is 12.2 Å². The van der Waals surface area contributed by atoms with Crippen molar-refractivity contribution in [3.63, 3.8) is 0 Å². The lowest BCUT2D eigenvalue weighted by molar-refractivity contribution is 0.0527. The van der Waals surface area contributed by atoms with Crippen LogP contribution in [-0.2, 0) is 4.74 Å². The Bertz CT molecular complexity index is 408. The van der Waals surface area contributed by atoms with Crippen LogP contribution in [0.25, 0.3) is 0 Å². The summed E-state index contributed by atoms with van der Waals surface area (Å²) in [6.07, 6.45) is 1.58. The van der Waals surface area contributed by atoms with Crippen molar-refractivity contribution in [2.45, 2.75) is 38.8 Å². The lowest BCUT2D eigenvalue weighted by Crippen LogP contribution is -2.15. The molecular formula is C13H20N2O2S. The molecule has 0 atom stereocenters. The maximum absolute atomic E-state index is 11.8. The van der Waals surface area contributed by atoms with Gasteiger partial charge in [-0.05, 0) is 32.6 Å². The van der Waals surface area contributed by atoms with Crippen molar-refractivity contribution in [2.24, 2.45) is 0 Å². The molecule has 1 aromatic rings. The summed E-state index contributed by atoms with van der Waals surface area (Å²) >= 11 is 1.65. The maximum Gasteiger partial charge on any atom is 0.341 e. The quantitative estimate of drug-likeness (QED) is 0.634. The highest BCUT2D eigenvalue weighted by Gasteiger charge is 2.14. The maximum atomic E-state index is 11.8. The molecule has 0 unspecified atom stereocenters. The molecule has 1 N–H and O–H groups in total. The van der Waals surface area contributed by atoms with Crippen LogP contribution in [0, 0.1) is 0 Å². The van der Waals surface area contributed by atoms with Gasteiger partial charge in [-0.15, -0.1) is 11.8 Å². The molecule has 0 radical (unpaired) electrons. The third kappa shape index (κ3) is 4.22. The van der Waals surface area contributed by atoms with Crippen LogP contribution < -0.4 is 5.32 Å². The third-order valence-corrected chi connectivity index (χ3v) is 2.92. The van der Waals surface area contributed by atoms with Gasteiger partial charge in [-0.25, -0.2) is 9.78 Å². The molecule has 0 saturated heterocycles. The number of carbonyl (C=O) groups is 1. The van der Waals surface area contributed by atoms with Gasteiger partial charge in [0.2, 0.25) is 0 Å². The normalized spacial score (nSPS) is 10.5. The zero-order valence-electron chi connectivity index (χ0n) is 11.3. The highest BCUT2D eigenvalue weighted by molar-refractivity contribution is 7.99. The van der Waals surface area contributed by atoms with Crippen molar-refractivity contribution in [3.05, 3.63) is 17.8 Å². The van der Waals surface area contributed by atoms with Crippen LogP contribution in [0.5, 0.6) is 0 Å². The number of ether oxygens (including phenoxy) is 1. The lowest BCUT2D eigenvalue weighted by Gasteiger charge is -2.14. The number of thioether (sulfide) groups is 1. The van der Waals surface area contributed by atoms with E-state index in [0.717, 1.165) is 16.5 Å². The molecule has 0 fully saturated rings. The summed E-state index contributed by atoms with van der Waals surface area (Å²) < 4.78 is 5.02. The second kappa shape index (κ2) is 7.26. The number of aromatic nitrogens is 1. The Morgan fingerprint density at radius 1 is 1.50 bits per heavy atom. The Hall–Kier alpha value is -1.23. The highest BCUT2D eigenvalue weighted by atomic mass is 32.2. The summed E-state index contributed by atoms with van der Waals surface area (Å²) in [5.41, 5.74) is 1.28. The molecule has 0 aliphatic heterocycles. The predicted molar refractivity (Wildman–Crippen MR) is 75.4 cm³/mol. The van der Waals surface area contributed by atoms with E-state index in [4.69, 9.17) is 4.74 Å². The van der Waals surface area contributed by atoms with Crippen molar-refractivity contribution in [1.29, 1.82) is 0 Å². The number of nitrogens with one attached hydrogen (secondary N) is 1. The van der Waals surface area contributed by atoms with E-state index in [1.807, 2.05) is 19.9 Å². The van der Waals surface area contributed by atoms with E-state index >= 15 is 0 Å². The number of hydrogen-bond donors (Lipinski definition) is 1. The molecule has 0 bridgehead atoms. The van der Waals surface area contributed by atoms with Gasteiger partial charge in [0.25, 0.3) is 0 Å². The van der Waals surface area contributed by atoms with Crippen LogP contribution in [0.4, 0.5) is 5.69 Å². The molecular weight excluding hydrogens is 248 g/mol.